The number of fused-ring (bicyclic) bond motifs is 1. The lowest BCUT2D eigenvalue weighted by molar-refractivity contribution is 0.598. The molecule has 0 saturated carbocycles. The van der Waals surface area contributed by atoms with Gasteiger partial charge in [0.15, 0.2) is 0 Å². The van der Waals surface area contributed by atoms with E-state index in [9.17, 15) is 8.42 Å². The summed E-state index contributed by atoms with van der Waals surface area (Å²) >= 11 is 0. The number of nitrogens with zero attached hydrogens (tertiary/aromatic N) is 3. The third kappa shape index (κ3) is 2.93. The van der Waals surface area contributed by atoms with E-state index in [0.29, 0.717) is 13.0 Å². The van der Waals surface area contributed by atoms with Gasteiger partial charge in [0.25, 0.3) is 0 Å². The van der Waals surface area contributed by atoms with Gasteiger partial charge in [-0.05, 0) is 18.6 Å². The van der Waals surface area contributed by atoms with Crippen LogP contribution in [-0.2, 0) is 16.4 Å². The molecule has 0 radical (unpaired) electrons. The Balaban J connectivity index is 2.04. The lowest BCUT2D eigenvalue weighted by Gasteiger charge is -2.05. The van der Waals surface area contributed by atoms with Crippen molar-refractivity contribution in [3.8, 4) is 0 Å². The summed E-state index contributed by atoms with van der Waals surface area (Å²) in [6.07, 6.45) is 2.19. The van der Waals surface area contributed by atoms with Gasteiger partial charge >= 0.3 is 0 Å². The molecule has 6 nitrogen and oxygen atoms in total. The molecule has 0 aliphatic heterocycles. The summed E-state index contributed by atoms with van der Waals surface area (Å²) in [5.41, 5.74) is 7.24. The van der Waals surface area contributed by atoms with Crippen LogP contribution in [-0.4, -0.2) is 35.9 Å². The van der Waals surface area contributed by atoms with Crippen molar-refractivity contribution < 1.29 is 8.42 Å². The number of nitrogens with two attached hydrogens (primary N) is 1. The van der Waals surface area contributed by atoms with Crippen LogP contribution in [0.3, 0.4) is 0 Å². The molecule has 2 rings (SSSR count). The Morgan fingerprint density at radius 3 is 2.89 bits per heavy atom. The minimum absolute atomic E-state index is 0.0112. The largest absolute Gasteiger partial charge is 0.374 e. The second-order valence-corrected chi connectivity index (χ2v) is 6.22. The Morgan fingerprint density at radius 1 is 1.42 bits per heavy atom. The van der Waals surface area contributed by atoms with E-state index in [0.717, 1.165) is 11.0 Å². The fraction of sp³-hybridized carbons (Fsp3) is 0.333. The summed E-state index contributed by atoms with van der Waals surface area (Å²) in [7, 11) is -2.05. The van der Waals surface area contributed by atoms with Crippen molar-refractivity contribution in [2.45, 2.75) is 13.0 Å². The zero-order valence-electron chi connectivity index (χ0n) is 10.7. The van der Waals surface area contributed by atoms with Crippen LogP contribution >= 0.6 is 0 Å². The van der Waals surface area contributed by atoms with Gasteiger partial charge in [-0.1, -0.05) is 12.1 Å². The second-order valence-electron chi connectivity index (χ2n) is 4.16. The molecule has 7 heteroatoms. The number of amidine groups is 1. The van der Waals surface area contributed by atoms with Crippen LogP contribution in [0.25, 0.3) is 11.0 Å². The molecule has 0 saturated heterocycles. The first-order valence-electron chi connectivity index (χ1n) is 5.89. The average Bonchev–Trinajstić information content (AvgIpc) is 2.81. The Bertz CT molecular complexity index is 703. The van der Waals surface area contributed by atoms with Crippen LogP contribution in [0.4, 0.5) is 0 Å². The molecule has 0 aliphatic rings. The standard InChI is InChI=1S/C12H16N4O2S/c1-14-12(13)19(17,18)8-4-7-16-9-15-10-5-2-3-6-11(10)16/h2-3,5-6,9H,4,7-8H2,1H3,(H2,13,14). The monoisotopic (exact) mass is 280 g/mol. The van der Waals surface area contributed by atoms with Crippen LogP contribution in [0.5, 0.6) is 0 Å². The topological polar surface area (TPSA) is 90.3 Å². The molecule has 0 fully saturated rings. The number of aromatic nitrogens is 2. The molecule has 0 bridgehead atoms. The van der Waals surface area contributed by atoms with E-state index < -0.39 is 9.84 Å². The molecule has 1 heterocycles. The van der Waals surface area contributed by atoms with E-state index in [1.165, 1.54) is 7.05 Å². The first kappa shape index (κ1) is 13.5. The Kier molecular flexibility index (Phi) is 3.84. The predicted molar refractivity (Wildman–Crippen MR) is 75.7 cm³/mol. The molecule has 0 amide bonds. The van der Waals surface area contributed by atoms with Gasteiger partial charge in [0.05, 0.1) is 23.1 Å². The van der Waals surface area contributed by atoms with Gasteiger partial charge in [0.2, 0.25) is 15.0 Å². The summed E-state index contributed by atoms with van der Waals surface area (Å²) < 4.78 is 25.3. The number of aryl methyl sites for hydroxylation is 1. The summed E-state index contributed by atoms with van der Waals surface area (Å²) in [4.78, 5) is 7.76. The quantitative estimate of drug-likeness (QED) is 0.662. The van der Waals surface area contributed by atoms with Gasteiger partial charge in [-0.3, -0.25) is 4.99 Å². The maximum atomic E-state index is 11.7. The SMILES string of the molecule is CN=C(N)S(=O)(=O)CCCn1cnc2ccccc21. The summed E-state index contributed by atoms with van der Waals surface area (Å²) in [6, 6.07) is 7.73. The van der Waals surface area contributed by atoms with E-state index in [4.69, 9.17) is 5.73 Å². The third-order valence-electron chi connectivity index (χ3n) is 2.88. The normalized spacial score (nSPS) is 13.0. The molecule has 1 aromatic heterocycles. The van der Waals surface area contributed by atoms with Crippen LogP contribution < -0.4 is 5.73 Å². The highest BCUT2D eigenvalue weighted by Crippen LogP contribution is 2.12. The number of rotatable bonds is 4. The third-order valence-corrected chi connectivity index (χ3v) is 4.52. The molecule has 0 atom stereocenters. The average molecular weight is 280 g/mol. The van der Waals surface area contributed by atoms with Crippen LogP contribution in [0, 0.1) is 0 Å². The Labute approximate surface area is 111 Å². The Morgan fingerprint density at radius 2 is 2.16 bits per heavy atom. The van der Waals surface area contributed by atoms with Crippen molar-refractivity contribution >= 4 is 26.0 Å². The fourth-order valence-electron chi connectivity index (χ4n) is 1.86. The maximum Gasteiger partial charge on any atom is 0.213 e. The zero-order chi connectivity index (χ0) is 13.9. The molecule has 19 heavy (non-hydrogen) atoms. The van der Waals surface area contributed by atoms with E-state index >= 15 is 0 Å². The van der Waals surface area contributed by atoms with Gasteiger partial charge in [-0.2, -0.15) is 0 Å². The first-order valence-corrected chi connectivity index (χ1v) is 7.55. The number of hydrogen-bond donors (Lipinski definition) is 1. The van der Waals surface area contributed by atoms with E-state index in [1.807, 2.05) is 28.8 Å². The smallest absolute Gasteiger partial charge is 0.213 e. The molecule has 0 aliphatic carbocycles. The van der Waals surface area contributed by atoms with Gasteiger partial charge in [-0.15, -0.1) is 0 Å². The number of sulfone groups is 1. The highest BCUT2D eigenvalue weighted by molar-refractivity contribution is 8.06. The minimum atomic E-state index is -3.42. The molecule has 102 valence electrons. The Hall–Kier alpha value is -1.89. The molecule has 0 spiro atoms. The zero-order valence-corrected chi connectivity index (χ0v) is 11.5. The van der Waals surface area contributed by atoms with Crippen LogP contribution in [0.1, 0.15) is 6.42 Å². The second kappa shape index (κ2) is 5.40. The highest BCUT2D eigenvalue weighted by Gasteiger charge is 2.15. The van der Waals surface area contributed by atoms with Gasteiger partial charge in [-0.25, -0.2) is 13.4 Å². The molecule has 2 aromatic rings. The number of imidazole rings is 1. The maximum absolute atomic E-state index is 11.7. The molecule has 2 N–H and O–H groups in total. The summed E-state index contributed by atoms with van der Waals surface area (Å²) in [6.45, 7) is 0.580. The number of para-hydroxylation sites is 2. The highest BCUT2D eigenvalue weighted by atomic mass is 32.2. The first-order chi connectivity index (χ1) is 9.04. The fourth-order valence-corrected chi connectivity index (χ4v) is 2.85. The van der Waals surface area contributed by atoms with Crippen molar-refractivity contribution in [1.82, 2.24) is 9.55 Å². The summed E-state index contributed by atoms with van der Waals surface area (Å²) in [5.74, 6) is -0.0112. The lowest BCUT2D eigenvalue weighted by Crippen LogP contribution is -2.27. The van der Waals surface area contributed by atoms with E-state index in [1.54, 1.807) is 6.33 Å². The molecular formula is C12H16N4O2S. The van der Waals surface area contributed by atoms with Gasteiger partial charge < -0.3 is 10.3 Å². The van der Waals surface area contributed by atoms with Crippen molar-refractivity contribution in [1.29, 1.82) is 0 Å². The number of benzene rings is 1. The number of hydrogen-bond acceptors (Lipinski definition) is 4. The van der Waals surface area contributed by atoms with E-state index in [2.05, 4.69) is 9.98 Å². The van der Waals surface area contributed by atoms with Crippen molar-refractivity contribution in [3.05, 3.63) is 30.6 Å². The predicted octanol–water partition coefficient (Wildman–Crippen LogP) is 0.786. The lowest BCUT2D eigenvalue weighted by atomic mass is 10.3. The van der Waals surface area contributed by atoms with Gasteiger partial charge in [0, 0.05) is 13.6 Å². The summed E-state index contributed by atoms with van der Waals surface area (Å²) in [5, 5.41) is -0.303. The van der Waals surface area contributed by atoms with E-state index in [-0.39, 0.29) is 10.9 Å². The van der Waals surface area contributed by atoms with Crippen molar-refractivity contribution in [2.24, 2.45) is 10.7 Å². The van der Waals surface area contributed by atoms with Crippen LogP contribution in [0.2, 0.25) is 0 Å². The minimum Gasteiger partial charge on any atom is -0.374 e. The van der Waals surface area contributed by atoms with Crippen molar-refractivity contribution in [3.63, 3.8) is 0 Å². The molecule has 1 aromatic carbocycles. The van der Waals surface area contributed by atoms with Crippen molar-refractivity contribution in [2.75, 3.05) is 12.8 Å². The van der Waals surface area contributed by atoms with Gasteiger partial charge in [0.1, 0.15) is 0 Å². The van der Waals surface area contributed by atoms with Crippen LogP contribution in [0.15, 0.2) is 35.6 Å². The molecule has 0 unspecified atom stereocenters. The number of aliphatic imine (C=N–C) groups is 1. The molecular weight excluding hydrogens is 264 g/mol.